The second-order valence-electron chi connectivity index (χ2n) is 2.93. The van der Waals surface area contributed by atoms with Crippen LogP contribution < -0.4 is 0 Å². The molecule has 0 bridgehead atoms. The highest BCUT2D eigenvalue weighted by atomic mass is 16.5. The molecule has 1 amide bonds. The minimum absolute atomic E-state index is 0.0110. The molecule has 3 heteroatoms. The number of carbonyl (C=O) groups is 1. The number of fused-ring (bicyclic) bond motifs is 1. The van der Waals surface area contributed by atoms with Crippen molar-refractivity contribution in [3.8, 4) is 0 Å². The number of ether oxygens (including phenoxy) is 1. The minimum Gasteiger partial charge on any atom is -0.485 e. The first kappa shape index (κ1) is 7.28. The van der Waals surface area contributed by atoms with Gasteiger partial charge in [0.25, 0.3) is 5.91 Å². The van der Waals surface area contributed by atoms with Crippen LogP contribution in [0.25, 0.3) is 0 Å². The maximum Gasteiger partial charge on any atom is 0.280 e. The van der Waals surface area contributed by atoms with Crippen LogP contribution in [-0.4, -0.2) is 18.2 Å². The van der Waals surface area contributed by atoms with Gasteiger partial charge in [0, 0.05) is 6.21 Å². The molecule has 3 nitrogen and oxygen atoms in total. The van der Waals surface area contributed by atoms with Crippen LogP contribution in [0.15, 0.2) is 28.0 Å². The van der Waals surface area contributed by atoms with E-state index in [1.807, 2.05) is 13.8 Å². The van der Waals surface area contributed by atoms with Crippen LogP contribution in [0.1, 0.15) is 13.8 Å². The average molecular weight is 163 g/mol. The van der Waals surface area contributed by atoms with Gasteiger partial charge in [0.2, 0.25) is 0 Å². The van der Waals surface area contributed by atoms with Gasteiger partial charge in [0.1, 0.15) is 11.9 Å². The van der Waals surface area contributed by atoms with E-state index in [2.05, 4.69) is 4.99 Å². The molecular weight excluding hydrogens is 154 g/mol. The van der Waals surface area contributed by atoms with E-state index in [-0.39, 0.29) is 12.0 Å². The Morgan fingerprint density at radius 1 is 1.58 bits per heavy atom. The lowest BCUT2D eigenvalue weighted by molar-refractivity contribution is -0.114. The summed E-state index contributed by atoms with van der Waals surface area (Å²) in [7, 11) is 0. The monoisotopic (exact) mass is 163 g/mol. The summed E-state index contributed by atoms with van der Waals surface area (Å²) in [5, 5.41) is 0. The molecule has 1 atom stereocenters. The molecule has 0 aliphatic carbocycles. The van der Waals surface area contributed by atoms with E-state index in [9.17, 15) is 4.79 Å². The topological polar surface area (TPSA) is 38.7 Å². The normalized spacial score (nSPS) is 27.0. The number of aliphatic imine (C=N–C) groups is 1. The first-order valence-corrected chi connectivity index (χ1v) is 3.86. The van der Waals surface area contributed by atoms with Crippen molar-refractivity contribution in [1.82, 2.24) is 0 Å². The maximum atomic E-state index is 11.3. The predicted octanol–water partition coefficient (Wildman–Crippen LogP) is 1.22. The molecule has 0 saturated heterocycles. The fourth-order valence-corrected chi connectivity index (χ4v) is 1.37. The Labute approximate surface area is 70.4 Å². The molecule has 0 saturated carbocycles. The van der Waals surface area contributed by atoms with Gasteiger partial charge in [-0.1, -0.05) is 0 Å². The van der Waals surface area contributed by atoms with E-state index in [1.165, 1.54) is 6.21 Å². The lowest BCUT2D eigenvalue weighted by atomic mass is 10.1. The molecular formula is C9H9NO2. The minimum atomic E-state index is -0.186. The molecule has 0 aromatic heterocycles. The van der Waals surface area contributed by atoms with Gasteiger partial charge < -0.3 is 4.74 Å². The Balaban J connectivity index is 2.54. The Kier molecular flexibility index (Phi) is 1.40. The number of rotatable bonds is 0. The van der Waals surface area contributed by atoms with Crippen LogP contribution >= 0.6 is 0 Å². The van der Waals surface area contributed by atoms with Crippen molar-refractivity contribution in [1.29, 1.82) is 0 Å². The van der Waals surface area contributed by atoms with E-state index in [0.717, 1.165) is 5.57 Å². The first-order valence-electron chi connectivity index (χ1n) is 3.86. The number of hydrogen-bond acceptors (Lipinski definition) is 2. The third-order valence-corrected chi connectivity index (χ3v) is 2.19. The number of dihydropyridines is 1. The molecule has 62 valence electrons. The van der Waals surface area contributed by atoms with E-state index >= 15 is 0 Å². The highest BCUT2D eigenvalue weighted by molar-refractivity contribution is 6.07. The summed E-state index contributed by atoms with van der Waals surface area (Å²) in [6.07, 6.45) is 3.22. The summed E-state index contributed by atoms with van der Waals surface area (Å²) >= 11 is 0. The second kappa shape index (κ2) is 2.30. The zero-order valence-electron chi connectivity index (χ0n) is 7.00. The lowest BCUT2D eigenvalue weighted by Crippen LogP contribution is -2.05. The summed E-state index contributed by atoms with van der Waals surface area (Å²) < 4.78 is 5.42. The molecule has 0 aromatic rings. The van der Waals surface area contributed by atoms with Crippen molar-refractivity contribution < 1.29 is 9.53 Å². The van der Waals surface area contributed by atoms with Crippen molar-refractivity contribution in [2.45, 2.75) is 20.0 Å². The number of hydrogen-bond donors (Lipinski definition) is 0. The van der Waals surface area contributed by atoms with Crippen LogP contribution in [0.4, 0.5) is 0 Å². The Morgan fingerprint density at radius 3 is 3.00 bits per heavy atom. The highest BCUT2D eigenvalue weighted by Crippen LogP contribution is 2.31. The van der Waals surface area contributed by atoms with Gasteiger partial charge in [-0.05, 0) is 25.5 Å². The van der Waals surface area contributed by atoms with Crippen molar-refractivity contribution in [2.24, 2.45) is 4.99 Å². The summed E-state index contributed by atoms with van der Waals surface area (Å²) in [5.41, 5.74) is 1.62. The smallest absolute Gasteiger partial charge is 0.280 e. The number of nitrogens with zero attached hydrogens (tertiary/aromatic N) is 1. The quantitative estimate of drug-likeness (QED) is 0.538. The summed E-state index contributed by atoms with van der Waals surface area (Å²) in [4.78, 5) is 14.9. The van der Waals surface area contributed by atoms with Crippen molar-refractivity contribution in [3.63, 3.8) is 0 Å². The second-order valence-corrected chi connectivity index (χ2v) is 2.93. The van der Waals surface area contributed by atoms with Crippen LogP contribution in [0.5, 0.6) is 0 Å². The summed E-state index contributed by atoms with van der Waals surface area (Å²) in [6, 6.07) is 0. The predicted molar refractivity (Wildman–Crippen MR) is 44.8 cm³/mol. The van der Waals surface area contributed by atoms with E-state index in [4.69, 9.17) is 4.74 Å². The molecule has 12 heavy (non-hydrogen) atoms. The van der Waals surface area contributed by atoms with Gasteiger partial charge in [-0.2, -0.15) is 0 Å². The third-order valence-electron chi connectivity index (χ3n) is 2.19. The van der Waals surface area contributed by atoms with Crippen LogP contribution in [0.3, 0.4) is 0 Å². The zero-order valence-corrected chi connectivity index (χ0v) is 7.00. The van der Waals surface area contributed by atoms with Gasteiger partial charge in [0.05, 0.1) is 5.57 Å². The molecule has 2 aliphatic rings. The lowest BCUT2D eigenvalue weighted by Gasteiger charge is -2.06. The summed E-state index contributed by atoms with van der Waals surface area (Å²) in [6.45, 7) is 3.83. The number of amides is 1. The summed E-state index contributed by atoms with van der Waals surface area (Å²) in [5.74, 6) is 0.481. The number of carbonyl (C=O) groups excluding carboxylic acids is 1. The van der Waals surface area contributed by atoms with Crippen LogP contribution in [-0.2, 0) is 9.53 Å². The van der Waals surface area contributed by atoms with Crippen molar-refractivity contribution in [3.05, 3.63) is 23.0 Å². The molecule has 0 radical (unpaired) electrons. The van der Waals surface area contributed by atoms with Gasteiger partial charge >= 0.3 is 0 Å². The third kappa shape index (κ3) is 0.826. The maximum absolute atomic E-state index is 11.3. The van der Waals surface area contributed by atoms with Crippen molar-refractivity contribution in [2.75, 3.05) is 0 Å². The van der Waals surface area contributed by atoms with Crippen LogP contribution in [0, 0.1) is 0 Å². The fourth-order valence-electron chi connectivity index (χ4n) is 1.37. The molecule has 0 N–H and O–H groups in total. The highest BCUT2D eigenvalue weighted by Gasteiger charge is 2.30. The van der Waals surface area contributed by atoms with E-state index in [1.54, 1.807) is 6.08 Å². The molecule has 2 rings (SSSR count). The van der Waals surface area contributed by atoms with Crippen molar-refractivity contribution >= 4 is 12.1 Å². The van der Waals surface area contributed by atoms with E-state index < -0.39 is 0 Å². The van der Waals surface area contributed by atoms with Crippen LogP contribution in [0.2, 0.25) is 0 Å². The van der Waals surface area contributed by atoms with Gasteiger partial charge in [-0.25, -0.2) is 4.99 Å². The van der Waals surface area contributed by atoms with Gasteiger partial charge in [-0.15, -0.1) is 0 Å². The SMILES string of the molecule is CC1=C2C(=O)N=CC=C2OC1C. The first-order chi connectivity index (χ1) is 5.70. The molecule has 1 unspecified atom stereocenters. The molecule has 0 spiro atoms. The largest absolute Gasteiger partial charge is 0.485 e. The fraction of sp³-hybridized carbons (Fsp3) is 0.333. The molecule has 0 fully saturated rings. The Morgan fingerprint density at radius 2 is 2.33 bits per heavy atom. The zero-order chi connectivity index (χ0) is 8.72. The standard InChI is InChI=1S/C9H9NO2/c1-5-6(2)12-7-3-4-10-9(11)8(5)7/h3-4,6H,1-2H3. The van der Waals surface area contributed by atoms with Gasteiger partial charge in [-0.3, -0.25) is 4.79 Å². The average Bonchev–Trinajstić information content (AvgIpc) is 2.29. The number of allylic oxidation sites excluding steroid dienone is 1. The van der Waals surface area contributed by atoms with Gasteiger partial charge in [0.15, 0.2) is 0 Å². The van der Waals surface area contributed by atoms with E-state index in [0.29, 0.717) is 11.3 Å². The molecule has 2 heterocycles. The Hall–Kier alpha value is -1.38. The Bertz CT molecular complexity index is 336. The molecule has 2 aliphatic heterocycles. The molecule has 0 aromatic carbocycles.